The number of piperazine rings is 1. The maximum absolute atomic E-state index is 12.6. The molecule has 29 heavy (non-hydrogen) atoms. The van der Waals surface area contributed by atoms with Crippen LogP contribution in [0.5, 0.6) is 0 Å². The van der Waals surface area contributed by atoms with E-state index in [0.717, 1.165) is 30.3 Å². The molecule has 1 aromatic carbocycles. The van der Waals surface area contributed by atoms with Crippen molar-refractivity contribution in [1.29, 1.82) is 0 Å². The van der Waals surface area contributed by atoms with Gasteiger partial charge in [-0.25, -0.2) is 4.98 Å². The highest BCUT2D eigenvalue weighted by Crippen LogP contribution is 2.24. The van der Waals surface area contributed by atoms with Crippen molar-refractivity contribution in [3.63, 3.8) is 0 Å². The van der Waals surface area contributed by atoms with Crippen LogP contribution in [0.2, 0.25) is 5.02 Å². The summed E-state index contributed by atoms with van der Waals surface area (Å²) in [6.07, 6.45) is 5.09. The molecule has 0 bridgehead atoms. The van der Waals surface area contributed by atoms with Crippen molar-refractivity contribution in [3.05, 3.63) is 47.9 Å². The monoisotopic (exact) mass is 429 g/mol. The number of anilines is 1. The van der Waals surface area contributed by atoms with E-state index in [2.05, 4.69) is 25.1 Å². The predicted octanol–water partition coefficient (Wildman–Crippen LogP) is 2.37. The van der Waals surface area contributed by atoms with Gasteiger partial charge in [-0.05, 0) is 24.3 Å². The Morgan fingerprint density at radius 2 is 1.86 bits per heavy atom. The Morgan fingerprint density at radius 3 is 2.55 bits per heavy atom. The van der Waals surface area contributed by atoms with Crippen molar-refractivity contribution >= 4 is 35.1 Å². The van der Waals surface area contributed by atoms with E-state index in [1.165, 1.54) is 11.8 Å². The van der Waals surface area contributed by atoms with Gasteiger partial charge in [0.05, 0.1) is 11.9 Å². The number of hydrogen-bond acceptors (Lipinski definition) is 7. The summed E-state index contributed by atoms with van der Waals surface area (Å²) in [5.74, 6) is 2.03. The average molecular weight is 430 g/mol. The molecule has 3 heterocycles. The van der Waals surface area contributed by atoms with E-state index >= 15 is 0 Å². The van der Waals surface area contributed by atoms with Gasteiger partial charge in [-0.2, -0.15) is 0 Å². The number of benzene rings is 1. The van der Waals surface area contributed by atoms with Crippen molar-refractivity contribution in [2.45, 2.75) is 5.16 Å². The molecule has 0 unspecified atom stereocenters. The number of nitrogens with zero attached hydrogens (tertiary/aromatic N) is 7. The summed E-state index contributed by atoms with van der Waals surface area (Å²) >= 11 is 7.35. The van der Waals surface area contributed by atoms with Gasteiger partial charge in [-0.1, -0.05) is 23.4 Å². The fraction of sp³-hybridized carbons (Fsp3) is 0.316. The first-order chi connectivity index (χ1) is 14.1. The number of rotatable bonds is 5. The van der Waals surface area contributed by atoms with E-state index in [1.807, 2.05) is 40.8 Å². The Bertz CT molecular complexity index is 972. The van der Waals surface area contributed by atoms with Gasteiger partial charge >= 0.3 is 0 Å². The highest BCUT2D eigenvalue weighted by molar-refractivity contribution is 7.99. The van der Waals surface area contributed by atoms with Gasteiger partial charge in [0.1, 0.15) is 5.82 Å². The second-order valence-corrected chi connectivity index (χ2v) is 7.97. The molecule has 0 radical (unpaired) electrons. The minimum absolute atomic E-state index is 0.102. The SMILES string of the molecule is Cn1c(SCC(=O)N2CCN(c3cnccn3)CC2)nnc1-c1ccc(Cl)cc1. The highest BCUT2D eigenvalue weighted by Gasteiger charge is 2.22. The molecule has 8 nitrogen and oxygen atoms in total. The molecule has 0 aliphatic carbocycles. The third-order valence-corrected chi connectivity index (χ3v) is 6.02. The second kappa shape index (κ2) is 8.79. The van der Waals surface area contributed by atoms with Crippen LogP contribution in [0.3, 0.4) is 0 Å². The molecular weight excluding hydrogens is 410 g/mol. The summed E-state index contributed by atoms with van der Waals surface area (Å²) in [7, 11) is 1.90. The van der Waals surface area contributed by atoms with Gasteiger partial charge in [0, 0.05) is 56.2 Å². The summed E-state index contributed by atoms with van der Waals surface area (Å²) < 4.78 is 1.90. The molecule has 4 rings (SSSR count). The highest BCUT2D eigenvalue weighted by atomic mass is 35.5. The zero-order chi connectivity index (χ0) is 20.2. The van der Waals surface area contributed by atoms with E-state index in [0.29, 0.717) is 29.0 Å². The summed E-state index contributed by atoms with van der Waals surface area (Å²) in [6, 6.07) is 7.45. The number of hydrogen-bond donors (Lipinski definition) is 0. The number of thioether (sulfide) groups is 1. The Hall–Kier alpha value is -2.65. The van der Waals surface area contributed by atoms with Crippen LogP contribution in [0.4, 0.5) is 5.82 Å². The largest absolute Gasteiger partial charge is 0.352 e. The van der Waals surface area contributed by atoms with Crippen molar-refractivity contribution in [1.82, 2.24) is 29.6 Å². The number of halogens is 1. The van der Waals surface area contributed by atoms with Crippen molar-refractivity contribution < 1.29 is 4.79 Å². The molecule has 150 valence electrons. The van der Waals surface area contributed by atoms with Crippen molar-refractivity contribution in [2.75, 3.05) is 36.8 Å². The van der Waals surface area contributed by atoms with E-state index in [1.54, 1.807) is 18.6 Å². The Kier molecular flexibility index (Phi) is 5.96. The Morgan fingerprint density at radius 1 is 1.10 bits per heavy atom. The van der Waals surface area contributed by atoms with Crippen LogP contribution in [0.1, 0.15) is 0 Å². The van der Waals surface area contributed by atoms with Crippen LogP contribution >= 0.6 is 23.4 Å². The maximum atomic E-state index is 12.6. The van der Waals surface area contributed by atoms with Crippen LogP contribution in [0, 0.1) is 0 Å². The summed E-state index contributed by atoms with van der Waals surface area (Å²) in [5.41, 5.74) is 0.933. The van der Waals surface area contributed by atoms with Gasteiger partial charge < -0.3 is 14.4 Å². The predicted molar refractivity (Wildman–Crippen MR) is 113 cm³/mol. The molecule has 1 aliphatic heterocycles. The second-order valence-electron chi connectivity index (χ2n) is 6.59. The van der Waals surface area contributed by atoms with E-state index in [4.69, 9.17) is 11.6 Å². The van der Waals surface area contributed by atoms with Gasteiger partial charge in [0.15, 0.2) is 11.0 Å². The van der Waals surface area contributed by atoms with E-state index in [9.17, 15) is 4.79 Å². The number of amides is 1. The minimum Gasteiger partial charge on any atom is -0.352 e. The first-order valence-corrected chi connectivity index (χ1v) is 10.5. The molecule has 0 atom stereocenters. The summed E-state index contributed by atoms with van der Waals surface area (Å²) in [5, 5.41) is 9.87. The topological polar surface area (TPSA) is 80.0 Å². The van der Waals surface area contributed by atoms with Crippen LogP contribution < -0.4 is 4.90 Å². The zero-order valence-electron chi connectivity index (χ0n) is 15.9. The zero-order valence-corrected chi connectivity index (χ0v) is 17.5. The lowest BCUT2D eigenvalue weighted by Gasteiger charge is -2.35. The summed E-state index contributed by atoms with van der Waals surface area (Å²) in [4.78, 5) is 25.1. The molecule has 0 N–H and O–H groups in total. The van der Waals surface area contributed by atoms with Crippen LogP contribution in [-0.2, 0) is 11.8 Å². The van der Waals surface area contributed by atoms with E-state index < -0.39 is 0 Å². The number of aromatic nitrogens is 5. The third kappa shape index (κ3) is 4.51. The van der Waals surface area contributed by atoms with Crippen molar-refractivity contribution in [3.8, 4) is 11.4 Å². The van der Waals surface area contributed by atoms with Crippen LogP contribution in [0.25, 0.3) is 11.4 Å². The molecule has 1 amide bonds. The average Bonchev–Trinajstić information content (AvgIpc) is 3.13. The molecule has 1 aliphatic rings. The molecule has 2 aromatic heterocycles. The molecule has 10 heteroatoms. The first-order valence-electron chi connectivity index (χ1n) is 9.18. The molecule has 0 spiro atoms. The fourth-order valence-corrected chi connectivity index (χ4v) is 4.09. The standard InChI is InChI=1S/C19H20ClN7OS/c1-25-18(14-2-4-15(20)5-3-14)23-24-19(25)29-13-17(28)27-10-8-26(9-11-27)16-12-21-6-7-22-16/h2-7,12H,8-11,13H2,1H3. The smallest absolute Gasteiger partial charge is 0.233 e. The third-order valence-electron chi connectivity index (χ3n) is 4.77. The van der Waals surface area contributed by atoms with Gasteiger partial charge in [-0.3, -0.25) is 9.78 Å². The van der Waals surface area contributed by atoms with Crippen LogP contribution in [0.15, 0.2) is 48.0 Å². The number of carbonyl (C=O) groups excluding carboxylic acids is 1. The lowest BCUT2D eigenvalue weighted by Crippen LogP contribution is -2.49. The van der Waals surface area contributed by atoms with Gasteiger partial charge in [0.25, 0.3) is 0 Å². The molecule has 0 saturated carbocycles. The molecular formula is C19H20ClN7OS. The van der Waals surface area contributed by atoms with Crippen molar-refractivity contribution in [2.24, 2.45) is 7.05 Å². The first kappa shape index (κ1) is 19.7. The molecule has 3 aromatic rings. The van der Waals surface area contributed by atoms with E-state index in [-0.39, 0.29) is 5.91 Å². The van der Waals surface area contributed by atoms with Gasteiger partial charge in [-0.15, -0.1) is 10.2 Å². The molecule has 1 saturated heterocycles. The van der Waals surface area contributed by atoms with Gasteiger partial charge in [0.2, 0.25) is 5.91 Å². The van der Waals surface area contributed by atoms with Crippen LogP contribution in [-0.4, -0.2) is 67.5 Å². The Labute approximate surface area is 177 Å². The molecule has 1 fully saturated rings. The maximum Gasteiger partial charge on any atom is 0.233 e. The lowest BCUT2D eigenvalue weighted by atomic mass is 10.2. The quantitative estimate of drug-likeness (QED) is 0.576. The normalized spacial score (nSPS) is 14.3. The minimum atomic E-state index is 0.102. The lowest BCUT2D eigenvalue weighted by molar-refractivity contribution is -0.128. The Balaban J connectivity index is 1.32. The summed E-state index contributed by atoms with van der Waals surface area (Å²) in [6.45, 7) is 2.84. The number of carbonyl (C=O) groups is 1. The fourth-order valence-electron chi connectivity index (χ4n) is 3.15.